The maximum atomic E-state index is 9.91. The first-order valence-corrected chi connectivity index (χ1v) is 2.92. The second-order valence-corrected chi connectivity index (χ2v) is 1.80. The molecule has 0 bridgehead atoms. The van der Waals surface area contributed by atoms with Gasteiger partial charge < -0.3 is 5.11 Å². The summed E-state index contributed by atoms with van der Waals surface area (Å²) in [6.07, 6.45) is 1.75. The number of carboxylic acids is 1. The molecule has 4 heteroatoms. The first-order valence-electron chi connectivity index (χ1n) is 2.92. The van der Waals surface area contributed by atoms with Crippen molar-refractivity contribution in [3.8, 4) is 0 Å². The van der Waals surface area contributed by atoms with Crippen LogP contribution in [0.25, 0.3) is 0 Å². The van der Waals surface area contributed by atoms with E-state index in [9.17, 15) is 4.79 Å². The lowest BCUT2D eigenvalue weighted by molar-refractivity contribution is -0.137. The highest BCUT2D eigenvalue weighted by Gasteiger charge is 1.93. The molecule has 0 amide bonds. The van der Waals surface area contributed by atoms with Crippen LogP contribution in [0.2, 0.25) is 0 Å². The SMILES string of the molecule is NNCCCCC(=O)O. The highest BCUT2D eigenvalue weighted by molar-refractivity contribution is 5.66. The van der Waals surface area contributed by atoms with E-state index in [1.807, 2.05) is 0 Å². The minimum atomic E-state index is -0.743. The number of carbonyl (C=O) groups is 1. The highest BCUT2D eigenvalue weighted by Crippen LogP contribution is 1.91. The predicted octanol–water partition coefficient (Wildman–Crippen LogP) is -0.295. The Morgan fingerprint density at radius 3 is 2.67 bits per heavy atom. The zero-order valence-corrected chi connectivity index (χ0v) is 5.26. The van der Waals surface area contributed by atoms with E-state index in [0.29, 0.717) is 13.0 Å². The van der Waals surface area contributed by atoms with Crippen molar-refractivity contribution in [2.45, 2.75) is 19.3 Å². The van der Waals surface area contributed by atoms with Gasteiger partial charge in [-0.2, -0.15) is 0 Å². The summed E-state index contributed by atoms with van der Waals surface area (Å²) in [5.41, 5.74) is 2.45. The van der Waals surface area contributed by atoms with Gasteiger partial charge in [-0.3, -0.25) is 16.1 Å². The van der Waals surface area contributed by atoms with Gasteiger partial charge in [0.1, 0.15) is 0 Å². The van der Waals surface area contributed by atoms with Crippen LogP contribution in [0, 0.1) is 0 Å². The van der Waals surface area contributed by atoms with Gasteiger partial charge in [-0.15, -0.1) is 0 Å². The van der Waals surface area contributed by atoms with E-state index in [1.165, 1.54) is 0 Å². The topological polar surface area (TPSA) is 75.3 Å². The average Bonchev–Trinajstić information content (AvgIpc) is 1.80. The molecule has 0 heterocycles. The van der Waals surface area contributed by atoms with Crippen molar-refractivity contribution in [1.29, 1.82) is 0 Å². The van der Waals surface area contributed by atoms with Gasteiger partial charge in [0.2, 0.25) is 0 Å². The lowest BCUT2D eigenvalue weighted by Crippen LogP contribution is -2.22. The minimum Gasteiger partial charge on any atom is -0.481 e. The van der Waals surface area contributed by atoms with Crippen molar-refractivity contribution in [3.05, 3.63) is 0 Å². The van der Waals surface area contributed by atoms with Crippen molar-refractivity contribution in [2.24, 2.45) is 5.84 Å². The molecule has 0 atom stereocenters. The Bertz CT molecular complexity index is 85.0. The molecule has 9 heavy (non-hydrogen) atoms. The number of rotatable bonds is 5. The first-order chi connectivity index (χ1) is 4.27. The van der Waals surface area contributed by atoms with Crippen LogP contribution in [0.15, 0.2) is 0 Å². The first kappa shape index (κ1) is 8.39. The number of aliphatic carboxylic acids is 1. The summed E-state index contributed by atoms with van der Waals surface area (Å²) < 4.78 is 0. The molecule has 0 radical (unpaired) electrons. The molecule has 0 aromatic heterocycles. The Morgan fingerprint density at radius 2 is 2.22 bits per heavy atom. The van der Waals surface area contributed by atoms with Gasteiger partial charge in [0.25, 0.3) is 0 Å². The Hall–Kier alpha value is -0.610. The van der Waals surface area contributed by atoms with E-state index >= 15 is 0 Å². The largest absolute Gasteiger partial charge is 0.481 e. The molecule has 0 saturated carbocycles. The summed E-state index contributed by atoms with van der Waals surface area (Å²) in [4.78, 5) is 9.91. The van der Waals surface area contributed by atoms with Crippen molar-refractivity contribution < 1.29 is 9.90 Å². The van der Waals surface area contributed by atoms with Crippen LogP contribution in [-0.2, 0) is 4.79 Å². The third-order valence-electron chi connectivity index (χ3n) is 0.962. The minimum absolute atomic E-state index is 0.238. The summed E-state index contributed by atoms with van der Waals surface area (Å²) in [5.74, 6) is 4.20. The van der Waals surface area contributed by atoms with Crippen molar-refractivity contribution in [2.75, 3.05) is 6.54 Å². The molecule has 0 fully saturated rings. The molecule has 0 spiro atoms. The van der Waals surface area contributed by atoms with Gasteiger partial charge in [-0.25, -0.2) is 0 Å². The standard InChI is InChI=1S/C5H12N2O2/c6-7-4-2-1-3-5(8)9/h7H,1-4,6H2,(H,8,9). The third-order valence-corrected chi connectivity index (χ3v) is 0.962. The number of carboxylic acid groups (broad SMARTS) is 1. The second-order valence-electron chi connectivity index (χ2n) is 1.80. The summed E-state index contributed by atoms with van der Waals surface area (Å²) in [5, 5.41) is 8.16. The molecule has 0 rings (SSSR count). The molecule has 0 aliphatic carbocycles. The quantitative estimate of drug-likeness (QED) is 0.273. The van der Waals surface area contributed by atoms with E-state index in [4.69, 9.17) is 10.9 Å². The van der Waals surface area contributed by atoms with Crippen LogP contribution in [0.3, 0.4) is 0 Å². The van der Waals surface area contributed by atoms with Crippen LogP contribution < -0.4 is 11.3 Å². The lowest BCUT2D eigenvalue weighted by atomic mass is 10.2. The Kier molecular flexibility index (Phi) is 5.15. The number of hydrogen-bond acceptors (Lipinski definition) is 3. The number of nitrogens with two attached hydrogens (primary N) is 1. The van der Waals surface area contributed by atoms with Crippen LogP contribution in [0.5, 0.6) is 0 Å². The number of hydrogen-bond donors (Lipinski definition) is 3. The molecule has 54 valence electrons. The fourth-order valence-corrected chi connectivity index (χ4v) is 0.503. The Balaban J connectivity index is 2.83. The zero-order chi connectivity index (χ0) is 7.11. The molecule has 0 aromatic rings. The third kappa shape index (κ3) is 7.39. The van der Waals surface area contributed by atoms with Gasteiger partial charge in [0.05, 0.1) is 0 Å². The smallest absolute Gasteiger partial charge is 0.303 e. The number of hydrazine groups is 1. The fraction of sp³-hybridized carbons (Fsp3) is 0.800. The molecule has 4 nitrogen and oxygen atoms in total. The highest BCUT2D eigenvalue weighted by atomic mass is 16.4. The normalized spacial score (nSPS) is 9.44. The molecule has 0 aliphatic heterocycles. The van der Waals surface area contributed by atoms with E-state index < -0.39 is 5.97 Å². The van der Waals surface area contributed by atoms with Crippen molar-refractivity contribution in [3.63, 3.8) is 0 Å². The van der Waals surface area contributed by atoms with Gasteiger partial charge >= 0.3 is 5.97 Å². The van der Waals surface area contributed by atoms with Crippen LogP contribution in [-0.4, -0.2) is 17.6 Å². The van der Waals surface area contributed by atoms with Crippen molar-refractivity contribution in [1.82, 2.24) is 5.43 Å². The summed E-state index contributed by atoms with van der Waals surface area (Å²) in [6.45, 7) is 0.688. The molecule has 0 aliphatic rings. The van der Waals surface area contributed by atoms with Gasteiger partial charge in [0.15, 0.2) is 0 Å². The van der Waals surface area contributed by atoms with Gasteiger partial charge in [-0.1, -0.05) is 0 Å². The summed E-state index contributed by atoms with van der Waals surface area (Å²) >= 11 is 0. The Morgan fingerprint density at radius 1 is 1.56 bits per heavy atom. The molecule has 0 aromatic carbocycles. The Labute approximate surface area is 54.0 Å². The van der Waals surface area contributed by atoms with E-state index in [-0.39, 0.29) is 6.42 Å². The molecule has 0 saturated heterocycles. The van der Waals surface area contributed by atoms with E-state index in [0.717, 1.165) is 6.42 Å². The van der Waals surface area contributed by atoms with Crippen molar-refractivity contribution >= 4 is 5.97 Å². The molecule has 0 unspecified atom stereocenters. The van der Waals surface area contributed by atoms with Gasteiger partial charge in [0, 0.05) is 13.0 Å². The monoisotopic (exact) mass is 132 g/mol. The van der Waals surface area contributed by atoms with Crippen LogP contribution in [0.4, 0.5) is 0 Å². The molecular weight excluding hydrogens is 120 g/mol. The van der Waals surface area contributed by atoms with E-state index in [2.05, 4.69) is 5.43 Å². The second kappa shape index (κ2) is 5.53. The summed E-state index contributed by atoms with van der Waals surface area (Å²) in [6, 6.07) is 0. The van der Waals surface area contributed by atoms with Crippen LogP contribution >= 0.6 is 0 Å². The van der Waals surface area contributed by atoms with E-state index in [1.54, 1.807) is 0 Å². The fourth-order valence-electron chi connectivity index (χ4n) is 0.503. The number of nitrogens with one attached hydrogen (secondary N) is 1. The predicted molar refractivity (Wildman–Crippen MR) is 33.7 cm³/mol. The molecular formula is C5H12N2O2. The average molecular weight is 132 g/mol. The number of unbranched alkanes of at least 4 members (excludes halogenated alkanes) is 1. The maximum absolute atomic E-state index is 9.91. The maximum Gasteiger partial charge on any atom is 0.303 e. The molecule has 4 N–H and O–H groups in total. The van der Waals surface area contributed by atoms with Crippen LogP contribution in [0.1, 0.15) is 19.3 Å². The zero-order valence-electron chi connectivity index (χ0n) is 5.26. The van der Waals surface area contributed by atoms with Gasteiger partial charge in [-0.05, 0) is 12.8 Å². The lowest BCUT2D eigenvalue weighted by Gasteiger charge is -1.94. The summed E-state index contributed by atoms with van der Waals surface area (Å²) in [7, 11) is 0.